The number of unbranched alkanes of at least 4 members (excludes halogenated alkanes) is 1. The van der Waals surface area contributed by atoms with Gasteiger partial charge in [-0.15, -0.1) is 10.2 Å². The molecule has 7 heteroatoms. The highest BCUT2D eigenvalue weighted by atomic mass is 32.1. The molecule has 1 aliphatic rings. The molecular weight excluding hydrogens is 266 g/mol. The summed E-state index contributed by atoms with van der Waals surface area (Å²) in [4.78, 5) is 21.9. The van der Waals surface area contributed by atoms with Gasteiger partial charge in [-0.05, 0) is 31.6 Å². The van der Waals surface area contributed by atoms with E-state index in [1.54, 1.807) is 0 Å². The summed E-state index contributed by atoms with van der Waals surface area (Å²) in [6.07, 6.45) is 5.03. The summed E-state index contributed by atoms with van der Waals surface area (Å²) in [6, 6.07) is 0. The molecule has 1 aliphatic carbocycles. The van der Waals surface area contributed by atoms with Gasteiger partial charge < -0.3 is 10.4 Å². The number of carboxylic acid groups (broad SMARTS) is 1. The van der Waals surface area contributed by atoms with Gasteiger partial charge in [0.2, 0.25) is 11.0 Å². The van der Waals surface area contributed by atoms with Gasteiger partial charge in [0, 0.05) is 19.3 Å². The van der Waals surface area contributed by atoms with Crippen LogP contribution in [0, 0.1) is 5.92 Å². The molecule has 0 aromatic carbocycles. The number of hydrogen-bond acceptors (Lipinski definition) is 5. The van der Waals surface area contributed by atoms with Crippen LogP contribution in [0.1, 0.15) is 43.5 Å². The number of amides is 1. The van der Waals surface area contributed by atoms with E-state index < -0.39 is 5.97 Å². The third-order valence-corrected chi connectivity index (χ3v) is 3.78. The summed E-state index contributed by atoms with van der Waals surface area (Å²) in [5.74, 6) is -0.193. The third kappa shape index (κ3) is 5.34. The predicted molar refractivity (Wildman–Crippen MR) is 71.1 cm³/mol. The molecule has 2 rings (SSSR count). The minimum absolute atomic E-state index is 0.109. The second kappa shape index (κ2) is 6.60. The van der Waals surface area contributed by atoms with Crippen LogP contribution < -0.4 is 5.32 Å². The Kier molecular flexibility index (Phi) is 4.84. The largest absolute Gasteiger partial charge is 0.481 e. The Labute approximate surface area is 115 Å². The van der Waals surface area contributed by atoms with Crippen molar-refractivity contribution in [3.8, 4) is 0 Å². The molecule has 2 N–H and O–H groups in total. The maximum absolute atomic E-state index is 11.6. The van der Waals surface area contributed by atoms with Crippen molar-refractivity contribution >= 4 is 28.3 Å². The molecule has 0 saturated heterocycles. The van der Waals surface area contributed by atoms with Crippen molar-refractivity contribution in [2.45, 2.75) is 44.9 Å². The molecule has 0 radical (unpaired) electrons. The van der Waals surface area contributed by atoms with Gasteiger partial charge >= 0.3 is 5.97 Å². The van der Waals surface area contributed by atoms with Gasteiger partial charge in [-0.25, -0.2) is 0 Å². The Morgan fingerprint density at radius 3 is 2.68 bits per heavy atom. The molecule has 6 nitrogen and oxygen atoms in total. The van der Waals surface area contributed by atoms with Gasteiger partial charge in [-0.2, -0.15) is 0 Å². The van der Waals surface area contributed by atoms with Gasteiger partial charge in [0.1, 0.15) is 5.01 Å². The minimum atomic E-state index is -0.825. The normalized spacial score (nSPS) is 14.3. The molecule has 0 spiro atoms. The molecule has 1 aromatic heterocycles. The Morgan fingerprint density at radius 1 is 1.26 bits per heavy atom. The van der Waals surface area contributed by atoms with Gasteiger partial charge in [0.15, 0.2) is 0 Å². The monoisotopic (exact) mass is 283 g/mol. The average Bonchev–Trinajstić information content (AvgIpc) is 3.05. The van der Waals surface area contributed by atoms with E-state index in [2.05, 4.69) is 15.5 Å². The highest BCUT2D eigenvalue weighted by molar-refractivity contribution is 7.15. The van der Waals surface area contributed by atoms with E-state index in [0.717, 1.165) is 17.3 Å². The third-order valence-electron chi connectivity index (χ3n) is 2.92. The molecule has 1 fully saturated rings. The highest BCUT2D eigenvalue weighted by Gasteiger charge is 2.23. The van der Waals surface area contributed by atoms with Crippen LogP contribution in [0.15, 0.2) is 0 Å². The lowest BCUT2D eigenvalue weighted by molar-refractivity contribution is -0.137. The van der Waals surface area contributed by atoms with Crippen molar-refractivity contribution < 1.29 is 14.7 Å². The number of carbonyl (C=O) groups is 2. The fourth-order valence-electron chi connectivity index (χ4n) is 1.70. The molecule has 104 valence electrons. The van der Waals surface area contributed by atoms with Crippen LogP contribution in [0.2, 0.25) is 0 Å². The number of nitrogens with one attached hydrogen (secondary N) is 1. The van der Waals surface area contributed by atoms with E-state index in [4.69, 9.17) is 5.11 Å². The summed E-state index contributed by atoms with van der Waals surface area (Å²) in [6.45, 7) is 0. The standard InChI is InChI=1S/C12H17N3O3S/c16-9(3-1-2-4-11(17)18)13-12-15-14-10(19-12)7-8-5-6-8/h8H,1-7H2,(H,17,18)(H,13,15,16). The molecule has 0 aliphatic heterocycles. The van der Waals surface area contributed by atoms with E-state index in [9.17, 15) is 9.59 Å². The molecular formula is C12H17N3O3S. The lowest BCUT2D eigenvalue weighted by Crippen LogP contribution is -2.11. The van der Waals surface area contributed by atoms with E-state index in [1.165, 1.54) is 24.2 Å². The highest BCUT2D eigenvalue weighted by Crippen LogP contribution is 2.33. The lowest BCUT2D eigenvalue weighted by Gasteiger charge is -1.99. The fraction of sp³-hybridized carbons (Fsp3) is 0.667. The summed E-state index contributed by atoms with van der Waals surface area (Å²) in [5.41, 5.74) is 0. The van der Waals surface area contributed by atoms with E-state index in [1.807, 2.05) is 0 Å². The van der Waals surface area contributed by atoms with Crippen LogP contribution in [0.5, 0.6) is 0 Å². The van der Waals surface area contributed by atoms with Crippen molar-refractivity contribution in [1.82, 2.24) is 10.2 Å². The predicted octanol–water partition coefficient (Wildman–Crippen LogP) is 2.07. The van der Waals surface area contributed by atoms with Crippen molar-refractivity contribution in [2.75, 3.05) is 5.32 Å². The number of aromatic nitrogens is 2. The van der Waals surface area contributed by atoms with Crippen LogP contribution in [-0.4, -0.2) is 27.2 Å². The summed E-state index contributed by atoms with van der Waals surface area (Å²) in [7, 11) is 0. The van der Waals surface area contributed by atoms with E-state index in [0.29, 0.717) is 24.4 Å². The van der Waals surface area contributed by atoms with Crippen LogP contribution in [0.25, 0.3) is 0 Å². The fourth-order valence-corrected chi connectivity index (χ4v) is 2.57. The summed E-state index contributed by atoms with van der Waals surface area (Å²) >= 11 is 1.43. The summed E-state index contributed by atoms with van der Waals surface area (Å²) in [5, 5.41) is 20.7. The molecule has 1 aromatic rings. The van der Waals surface area contributed by atoms with Crippen LogP contribution in [0.4, 0.5) is 5.13 Å². The van der Waals surface area contributed by atoms with Crippen LogP contribution in [-0.2, 0) is 16.0 Å². The molecule has 0 bridgehead atoms. The number of nitrogens with zero attached hydrogens (tertiary/aromatic N) is 2. The zero-order valence-corrected chi connectivity index (χ0v) is 11.4. The first-order chi connectivity index (χ1) is 9.13. The smallest absolute Gasteiger partial charge is 0.303 e. The Morgan fingerprint density at radius 2 is 2.00 bits per heavy atom. The Hall–Kier alpha value is -1.50. The van der Waals surface area contributed by atoms with Crippen molar-refractivity contribution in [1.29, 1.82) is 0 Å². The number of rotatable bonds is 8. The zero-order valence-electron chi connectivity index (χ0n) is 10.6. The van der Waals surface area contributed by atoms with Crippen LogP contribution in [0.3, 0.4) is 0 Å². The number of aliphatic carboxylic acids is 1. The molecule has 19 heavy (non-hydrogen) atoms. The molecule has 0 atom stereocenters. The van der Waals surface area contributed by atoms with Gasteiger partial charge in [0.25, 0.3) is 0 Å². The SMILES string of the molecule is O=C(O)CCCCC(=O)Nc1nnc(CC2CC2)s1. The van der Waals surface area contributed by atoms with Gasteiger partial charge in [0.05, 0.1) is 0 Å². The van der Waals surface area contributed by atoms with Crippen molar-refractivity contribution in [3.63, 3.8) is 0 Å². The number of carbonyl (C=O) groups excluding carboxylic acids is 1. The van der Waals surface area contributed by atoms with E-state index >= 15 is 0 Å². The van der Waals surface area contributed by atoms with Gasteiger partial charge in [-0.3, -0.25) is 9.59 Å². The van der Waals surface area contributed by atoms with Crippen molar-refractivity contribution in [2.24, 2.45) is 5.92 Å². The second-order valence-corrected chi connectivity index (χ2v) is 5.86. The van der Waals surface area contributed by atoms with Crippen molar-refractivity contribution in [3.05, 3.63) is 5.01 Å². The number of carboxylic acids is 1. The molecule has 0 unspecified atom stereocenters. The van der Waals surface area contributed by atoms with Crippen LogP contribution >= 0.6 is 11.3 Å². The molecule has 1 heterocycles. The first kappa shape index (κ1) is 13.9. The Balaban J connectivity index is 1.66. The van der Waals surface area contributed by atoms with Gasteiger partial charge in [-0.1, -0.05) is 11.3 Å². The Bertz CT molecular complexity index is 457. The van der Waals surface area contributed by atoms with E-state index in [-0.39, 0.29) is 12.3 Å². The first-order valence-corrected chi connectivity index (χ1v) is 7.29. The molecule has 1 amide bonds. The molecule has 1 saturated carbocycles. The topological polar surface area (TPSA) is 92.2 Å². The summed E-state index contributed by atoms with van der Waals surface area (Å²) < 4.78 is 0. The second-order valence-electron chi connectivity index (χ2n) is 4.80. The quantitative estimate of drug-likeness (QED) is 0.712. The maximum atomic E-state index is 11.6. The zero-order chi connectivity index (χ0) is 13.7. The maximum Gasteiger partial charge on any atom is 0.303 e. The number of hydrogen-bond donors (Lipinski definition) is 2. The lowest BCUT2D eigenvalue weighted by atomic mass is 10.2. The average molecular weight is 283 g/mol. The minimum Gasteiger partial charge on any atom is -0.481 e. The number of anilines is 1. The first-order valence-electron chi connectivity index (χ1n) is 6.47.